The number of hydrogen-bond acceptors (Lipinski definition) is 2. The molecular weight excluding hydrogens is 186 g/mol. The SMILES string of the molecule is COC1=[C+]C=C(CCN)c2ccccc21. The summed E-state index contributed by atoms with van der Waals surface area (Å²) < 4.78 is 5.27. The molecule has 1 aliphatic carbocycles. The molecule has 0 unspecified atom stereocenters. The molecule has 0 bridgehead atoms. The van der Waals surface area contributed by atoms with Gasteiger partial charge in [0.1, 0.15) is 11.6 Å². The van der Waals surface area contributed by atoms with Gasteiger partial charge < -0.3 is 10.5 Å². The van der Waals surface area contributed by atoms with Crippen molar-refractivity contribution in [1.29, 1.82) is 0 Å². The van der Waals surface area contributed by atoms with Crippen molar-refractivity contribution in [2.24, 2.45) is 5.73 Å². The van der Waals surface area contributed by atoms with Gasteiger partial charge in [0.25, 0.3) is 5.76 Å². The van der Waals surface area contributed by atoms with Crippen molar-refractivity contribution < 1.29 is 4.74 Å². The predicted molar refractivity (Wildman–Crippen MR) is 61.7 cm³/mol. The number of benzene rings is 1. The molecule has 1 aromatic rings. The minimum absolute atomic E-state index is 0.657. The number of nitrogens with two attached hydrogens (primary N) is 1. The van der Waals surface area contributed by atoms with Gasteiger partial charge in [0.15, 0.2) is 0 Å². The van der Waals surface area contributed by atoms with Crippen LogP contribution < -0.4 is 5.73 Å². The molecule has 2 rings (SSSR count). The maximum absolute atomic E-state index is 5.58. The van der Waals surface area contributed by atoms with Crippen molar-refractivity contribution in [3.8, 4) is 0 Å². The van der Waals surface area contributed by atoms with Crippen molar-refractivity contribution in [3.05, 3.63) is 47.5 Å². The van der Waals surface area contributed by atoms with Crippen LogP contribution in [0.15, 0.2) is 30.3 Å². The van der Waals surface area contributed by atoms with Gasteiger partial charge >= 0.3 is 0 Å². The molecule has 0 aromatic heterocycles. The Morgan fingerprint density at radius 3 is 2.67 bits per heavy atom. The Morgan fingerprint density at radius 1 is 1.27 bits per heavy atom. The van der Waals surface area contributed by atoms with E-state index >= 15 is 0 Å². The van der Waals surface area contributed by atoms with Crippen LogP contribution in [0, 0.1) is 6.08 Å². The van der Waals surface area contributed by atoms with E-state index in [0.717, 1.165) is 17.7 Å². The molecule has 0 atom stereocenters. The molecule has 0 fully saturated rings. The number of ether oxygens (including phenoxy) is 1. The zero-order valence-electron chi connectivity index (χ0n) is 8.79. The number of methoxy groups -OCH3 is 1. The Labute approximate surface area is 90.1 Å². The first-order valence-corrected chi connectivity index (χ1v) is 5.03. The maximum Gasteiger partial charge on any atom is 0.297 e. The molecule has 2 N–H and O–H groups in total. The van der Waals surface area contributed by atoms with Gasteiger partial charge in [0.2, 0.25) is 0 Å². The molecule has 1 aliphatic rings. The second kappa shape index (κ2) is 4.26. The zero-order valence-corrected chi connectivity index (χ0v) is 8.79. The Balaban J connectivity index is 2.48. The van der Waals surface area contributed by atoms with E-state index in [-0.39, 0.29) is 0 Å². The summed E-state index contributed by atoms with van der Waals surface area (Å²) in [7, 11) is 1.67. The number of allylic oxidation sites excluding steroid dienone is 2. The van der Waals surface area contributed by atoms with E-state index in [0.29, 0.717) is 6.54 Å². The van der Waals surface area contributed by atoms with Crippen molar-refractivity contribution in [3.63, 3.8) is 0 Å². The third-order valence-corrected chi connectivity index (χ3v) is 2.51. The molecule has 15 heavy (non-hydrogen) atoms. The lowest BCUT2D eigenvalue weighted by molar-refractivity contribution is 0.368. The molecule has 1 aromatic carbocycles. The number of hydrogen-bond donors (Lipinski definition) is 1. The first kappa shape index (κ1) is 9.91. The third-order valence-electron chi connectivity index (χ3n) is 2.51. The van der Waals surface area contributed by atoms with Crippen molar-refractivity contribution in [2.75, 3.05) is 13.7 Å². The van der Waals surface area contributed by atoms with Gasteiger partial charge in [0.05, 0.1) is 24.3 Å². The lowest BCUT2D eigenvalue weighted by Gasteiger charge is -2.08. The zero-order chi connectivity index (χ0) is 10.7. The quantitative estimate of drug-likeness (QED) is 0.759. The van der Waals surface area contributed by atoms with Crippen LogP contribution in [0.1, 0.15) is 17.5 Å². The average Bonchev–Trinajstić information content (AvgIpc) is 2.30. The molecule has 76 valence electrons. The van der Waals surface area contributed by atoms with Crippen LogP contribution in [-0.4, -0.2) is 13.7 Å². The van der Waals surface area contributed by atoms with Crippen LogP contribution in [0.25, 0.3) is 11.3 Å². The van der Waals surface area contributed by atoms with E-state index in [1.54, 1.807) is 7.11 Å². The summed E-state index contributed by atoms with van der Waals surface area (Å²) >= 11 is 0. The van der Waals surface area contributed by atoms with Crippen LogP contribution >= 0.6 is 0 Å². The Hall–Kier alpha value is -1.63. The summed E-state index contributed by atoms with van der Waals surface area (Å²) in [4.78, 5) is 0. The highest BCUT2D eigenvalue weighted by atomic mass is 16.5. The molecule has 0 heterocycles. The fourth-order valence-corrected chi connectivity index (χ4v) is 1.80. The second-order valence-corrected chi connectivity index (χ2v) is 3.43. The highest BCUT2D eigenvalue weighted by Crippen LogP contribution is 2.31. The fourth-order valence-electron chi connectivity index (χ4n) is 1.80. The largest absolute Gasteiger partial charge is 0.468 e. The summed E-state index contributed by atoms with van der Waals surface area (Å²) in [5.41, 5.74) is 9.12. The molecule has 0 spiro atoms. The lowest BCUT2D eigenvalue weighted by Crippen LogP contribution is -2.04. The standard InChI is InChI=1S/C13H14NO/c1-15-13-7-6-10(8-9-14)11-4-2-3-5-12(11)13/h2-6H,8-9,14H2,1H3/q+1. The van der Waals surface area contributed by atoms with Gasteiger partial charge in [-0.3, -0.25) is 0 Å². The highest BCUT2D eigenvalue weighted by Gasteiger charge is 2.24. The van der Waals surface area contributed by atoms with Crippen molar-refractivity contribution in [1.82, 2.24) is 0 Å². The van der Waals surface area contributed by atoms with Gasteiger partial charge in [-0.25, -0.2) is 0 Å². The predicted octanol–water partition coefficient (Wildman–Crippen LogP) is 2.22. The third kappa shape index (κ3) is 1.78. The molecule has 0 saturated heterocycles. The minimum atomic E-state index is 0.657. The van der Waals surface area contributed by atoms with E-state index in [4.69, 9.17) is 10.5 Å². The molecule has 2 nitrogen and oxygen atoms in total. The summed E-state index contributed by atoms with van der Waals surface area (Å²) in [6.07, 6.45) is 5.98. The fraction of sp³-hybridized carbons (Fsp3) is 0.231. The van der Waals surface area contributed by atoms with E-state index in [2.05, 4.69) is 12.1 Å². The van der Waals surface area contributed by atoms with Crippen LogP contribution in [0.4, 0.5) is 0 Å². The first-order chi connectivity index (χ1) is 7.36. The van der Waals surface area contributed by atoms with Gasteiger partial charge in [-0.15, -0.1) is 0 Å². The molecule has 0 amide bonds. The first-order valence-electron chi connectivity index (χ1n) is 5.03. The van der Waals surface area contributed by atoms with Gasteiger partial charge in [-0.05, 0) is 12.1 Å². The minimum Gasteiger partial charge on any atom is -0.468 e. The van der Waals surface area contributed by atoms with Gasteiger partial charge in [-0.2, -0.15) is 0 Å². The summed E-state index contributed by atoms with van der Waals surface area (Å²) in [5.74, 6) is 0.798. The van der Waals surface area contributed by atoms with E-state index < -0.39 is 0 Å². The molecule has 2 heteroatoms. The lowest BCUT2D eigenvalue weighted by atomic mass is 9.92. The normalized spacial score (nSPS) is 13.5. The maximum atomic E-state index is 5.58. The molecular formula is C13H14NO+. The summed E-state index contributed by atoms with van der Waals surface area (Å²) in [5, 5.41) is 0. The summed E-state index contributed by atoms with van der Waals surface area (Å²) in [6.45, 7) is 0.657. The van der Waals surface area contributed by atoms with Crippen molar-refractivity contribution in [2.45, 2.75) is 6.42 Å². The van der Waals surface area contributed by atoms with Crippen LogP contribution in [-0.2, 0) is 4.74 Å². The van der Waals surface area contributed by atoms with E-state index in [1.165, 1.54) is 11.1 Å². The second-order valence-electron chi connectivity index (χ2n) is 3.43. The Morgan fingerprint density at radius 2 is 2.00 bits per heavy atom. The Bertz CT molecular complexity index is 418. The topological polar surface area (TPSA) is 35.2 Å². The number of fused-ring (bicyclic) bond motifs is 1. The molecule has 0 radical (unpaired) electrons. The van der Waals surface area contributed by atoms with Crippen LogP contribution in [0.2, 0.25) is 0 Å². The number of rotatable bonds is 3. The average molecular weight is 200 g/mol. The van der Waals surface area contributed by atoms with Gasteiger partial charge in [0, 0.05) is 19.0 Å². The Kier molecular flexibility index (Phi) is 2.82. The molecule has 0 saturated carbocycles. The van der Waals surface area contributed by atoms with Crippen molar-refractivity contribution >= 4 is 11.3 Å². The smallest absolute Gasteiger partial charge is 0.297 e. The monoisotopic (exact) mass is 200 g/mol. The summed E-state index contributed by atoms with van der Waals surface area (Å²) in [6, 6.07) is 8.17. The van der Waals surface area contributed by atoms with Crippen LogP contribution in [0.3, 0.4) is 0 Å². The van der Waals surface area contributed by atoms with Crippen LogP contribution in [0.5, 0.6) is 0 Å². The highest BCUT2D eigenvalue weighted by molar-refractivity contribution is 5.82. The van der Waals surface area contributed by atoms with E-state index in [1.807, 2.05) is 24.3 Å². The molecule has 0 aliphatic heterocycles. The van der Waals surface area contributed by atoms with E-state index in [9.17, 15) is 0 Å². The van der Waals surface area contributed by atoms with Gasteiger partial charge in [-0.1, -0.05) is 6.07 Å².